The van der Waals surface area contributed by atoms with Gasteiger partial charge in [0.05, 0.1) is 23.1 Å². The molecule has 4 aromatic rings. The summed E-state index contributed by atoms with van der Waals surface area (Å²) in [4.78, 5) is 16.2. The molecule has 0 aliphatic heterocycles. The Bertz CT molecular complexity index is 962. The van der Waals surface area contributed by atoms with E-state index < -0.39 is 0 Å². The van der Waals surface area contributed by atoms with Gasteiger partial charge in [0, 0.05) is 22.5 Å². The number of halogens is 1. The molecule has 5 nitrogen and oxygen atoms in total. The molecule has 0 bridgehead atoms. The summed E-state index contributed by atoms with van der Waals surface area (Å²) in [6.45, 7) is 0. The molecule has 2 heterocycles. The number of hydrogen-bond acceptors (Lipinski definition) is 4. The van der Waals surface area contributed by atoms with Crippen LogP contribution in [0.25, 0.3) is 22.3 Å². The maximum Gasteiger partial charge on any atom is 0.227 e. The van der Waals surface area contributed by atoms with Crippen LogP contribution in [0.3, 0.4) is 0 Å². The number of anilines is 2. The van der Waals surface area contributed by atoms with E-state index in [0.717, 1.165) is 28.0 Å². The molecule has 0 radical (unpaired) electrons. The van der Waals surface area contributed by atoms with Crippen LogP contribution in [-0.4, -0.2) is 19.9 Å². The first-order valence-electron chi connectivity index (χ1n) is 7.07. The first-order valence-corrected chi connectivity index (χ1v) is 7.45. The minimum atomic E-state index is 0.534. The van der Waals surface area contributed by atoms with Crippen LogP contribution < -0.4 is 5.32 Å². The Balaban J connectivity index is 1.66. The van der Waals surface area contributed by atoms with E-state index >= 15 is 0 Å². The second kappa shape index (κ2) is 5.70. The van der Waals surface area contributed by atoms with Crippen molar-refractivity contribution in [3.8, 4) is 11.3 Å². The summed E-state index contributed by atoms with van der Waals surface area (Å²) >= 11 is 5.89. The van der Waals surface area contributed by atoms with Crippen LogP contribution >= 0.6 is 11.6 Å². The van der Waals surface area contributed by atoms with E-state index in [1.807, 2.05) is 48.5 Å². The lowest BCUT2D eigenvalue weighted by atomic mass is 10.1. The Morgan fingerprint density at radius 3 is 2.70 bits per heavy atom. The molecule has 0 amide bonds. The number of H-pyrrole nitrogens is 1. The highest BCUT2D eigenvalue weighted by atomic mass is 35.5. The number of hydrogen-bond donors (Lipinski definition) is 2. The van der Waals surface area contributed by atoms with E-state index in [4.69, 9.17) is 11.6 Å². The smallest absolute Gasteiger partial charge is 0.227 e. The molecule has 2 N–H and O–H groups in total. The SMILES string of the molecule is Clc1ccc(Nc2nccc(-c3ccc4[nH]cnc4c3)n2)cc1. The van der Waals surface area contributed by atoms with Crippen molar-refractivity contribution in [2.75, 3.05) is 5.32 Å². The summed E-state index contributed by atoms with van der Waals surface area (Å²) in [7, 11) is 0. The third kappa shape index (κ3) is 2.86. The average molecular weight is 322 g/mol. The Kier molecular flexibility index (Phi) is 3.40. The fourth-order valence-electron chi connectivity index (χ4n) is 2.33. The molecule has 6 heteroatoms. The maximum atomic E-state index is 5.89. The molecule has 0 fully saturated rings. The number of aromatic amines is 1. The fraction of sp³-hybridized carbons (Fsp3) is 0. The molecule has 0 unspecified atom stereocenters. The normalized spacial score (nSPS) is 10.8. The number of rotatable bonds is 3. The van der Waals surface area contributed by atoms with Crippen molar-refractivity contribution in [3.63, 3.8) is 0 Å². The van der Waals surface area contributed by atoms with Crippen molar-refractivity contribution < 1.29 is 0 Å². The van der Waals surface area contributed by atoms with Gasteiger partial charge in [-0.1, -0.05) is 17.7 Å². The van der Waals surface area contributed by atoms with Crippen molar-refractivity contribution in [2.24, 2.45) is 0 Å². The van der Waals surface area contributed by atoms with Crippen molar-refractivity contribution in [2.45, 2.75) is 0 Å². The number of benzene rings is 2. The van der Waals surface area contributed by atoms with Gasteiger partial charge in [-0.2, -0.15) is 0 Å². The highest BCUT2D eigenvalue weighted by Gasteiger charge is 2.05. The zero-order valence-electron chi connectivity index (χ0n) is 12.0. The summed E-state index contributed by atoms with van der Waals surface area (Å²) < 4.78 is 0. The number of imidazole rings is 1. The summed E-state index contributed by atoms with van der Waals surface area (Å²) in [5, 5.41) is 3.86. The van der Waals surface area contributed by atoms with Crippen LogP contribution in [0.2, 0.25) is 5.02 Å². The summed E-state index contributed by atoms with van der Waals surface area (Å²) in [6.07, 6.45) is 3.41. The minimum Gasteiger partial charge on any atom is -0.345 e. The zero-order chi connectivity index (χ0) is 15.6. The lowest BCUT2D eigenvalue weighted by Gasteiger charge is -2.07. The van der Waals surface area contributed by atoms with Gasteiger partial charge in [0.1, 0.15) is 0 Å². The summed E-state index contributed by atoms with van der Waals surface area (Å²) in [5.41, 5.74) is 4.62. The molecule has 0 aliphatic rings. The van der Waals surface area contributed by atoms with E-state index in [1.165, 1.54) is 0 Å². The molecule has 0 saturated heterocycles. The molecule has 0 saturated carbocycles. The van der Waals surface area contributed by atoms with Crippen LogP contribution in [0.15, 0.2) is 61.1 Å². The largest absolute Gasteiger partial charge is 0.345 e. The van der Waals surface area contributed by atoms with Crippen LogP contribution in [0, 0.1) is 0 Å². The van der Waals surface area contributed by atoms with E-state index in [0.29, 0.717) is 11.0 Å². The minimum absolute atomic E-state index is 0.534. The van der Waals surface area contributed by atoms with Crippen molar-refractivity contribution in [1.29, 1.82) is 0 Å². The lowest BCUT2D eigenvalue weighted by Crippen LogP contribution is -1.97. The maximum absolute atomic E-state index is 5.89. The van der Waals surface area contributed by atoms with Crippen molar-refractivity contribution in [3.05, 3.63) is 66.1 Å². The third-order valence-corrected chi connectivity index (χ3v) is 3.73. The van der Waals surface area contributed by atoms with Gasteiger partial charge in [-0.05, 0) is 42.5 Å². The topological polar surface area (TPSA) is 66.5 Å². The molecule has 0 atom stereocenters. The van der Waals surface area contributed by atoms with Gasteiger partial charge >= 0.3 is 0 Å². The second-order valence-corrected chi connectivity index (χ2v) is 5.47. The van der Waals surface area contributed by atoms with Crippen LogP contribution in [0.5, 0.6) is 0 Å². The van der Waals surface area contributed by atoms with Gasteiger partial charge < -0.3 is 10.3 Å². The first kappa shape index (κ1) is 13.7. The predicted molar refractivity (Wildman–Crippen MR) is 91.9 cm³/mol. The highest BCUT2D eigenvalue weighted by Crippen LogP contribution is 2.23. The number of aromatic nitrogens is 4. The average Bonchev–Trinajstić information content (AvgIpc) is 3.05. The first-order chi connectivity index (χ1) is 11.3. The molecule has 112 valence electrons. The van der Waals surface area contributed by atoms with Gasteiger partial charge in [0.2, 0.25) is 5.95 Å². The molecule has 2 aromatic carbocycles. The molecule has 0 spiro atoms. The van der Waals surface area contributed by atoms with E-state index in [1.54, 1.807) is 12.5 Å². The Morgan fingerprint density at radius 1 is 0.957 bits per heavy atom. The number of fused-ring (bicyclic) bond motifs is 1. The third-order valence-electron chi connectivity index (χ3n) is 3.47. The summed E-state index contributed by atoms with van der Waals surface area (Å²) in [6, 6.07) is 15.3. The van der Waals surface area contributed by atoms with Gasteiger partial charge in [-0.3, -0.25) is 0 Å². The van der Waals surface area contributed by atoms with Crippen molar-refractivity contribution >= 4 is 34.3 Å². The fourth-order valence-corrected chi connectivity index (χ4v) is 2.46. The van der Waals surface area contributed by atoms with Crippen LogP contribution in [-0.2, 0) is 0 Å². The molecule has 23 heavy (non-hydrogen) atoms. The van der Waals surface area contributed by atoms with Gasteiger partial charge in [-0.25, -0.2) is 15.0 Å². The summed E-state index contributed by atoms with van der Waals surface area (Å²) in [5.74, 6) is 0.534. The Morgan fingerprint density at radius 2 is 1.83 bits per heavy atom. The molecule has 0 aliphatic carbocycles. The van der Waals surface area contributed by atoms with Gasteiger partial charge in [-0.15, -0.1) is 0 Å². The zero-order valence-corrected chi connectivity index (χ0v) is 12.7. The van der Waals surface area contributed by atoms with Gasteiger partial charge in [0.25, 0.3) is 0 Å². The van der Waals surface area contributed by atoms with Crippen LogP contribution in [0.1, 0.15) is 0 Å². The molecule has 4 rings (SSSR count). The van der Waals surface area contributed by atoms with Gasteiger partial charge in [0.15, 0.2) is 0 Å². The Hall–Kier alpha value is -2.92. The van der Waals surface area contributed by atoms with Crippen LogP contribution in [0.4, 0.5) is 11.6 Å². The van der Waals surface area contributed by atoms with Crippen molar-refractivity contribution in [1.82, 2.24) is 19.9 Å². The number of nitrogens with one attached hydrogen (secondary N) is 2. The second-order valence-electron chi connectivity index (χ2n) is 5.03. The molecular formula is C17H12ClN5. The highest BCUT2D eigenvalue weighted by molar-refractivity contribution is 6.30. The number of nitrogens with zero attached hydrogens (tertiary/aromatic N) is 3. The molecule has 2 aromatic heterocycles. The predicted octanol–water partition coefficient (Wildman–Crippen LogP) is 4.42. The van der Waals surface area contributed by atoms with E-state index in [9.17, 15) is 0 Å². The van der Waals surface area contributed by atoms with E-state index in [2.05, 4.69) is 25.3 Å². The quantitative estimate of drug-likeness (QED) is 0.586. The monoisotopic (exact) mass is 321 g/mol. The molecular weight excluding hydrogens is 310 g/mol. The lowest BCUT2D eigenvalue weighted by molar-refractivity contribution is 1.17. The van der Waals surface area contributed by atoms with E-state index in [-0.39, 0.29) is 0 Å². The Labute approximate surface area is 137 Å². The standard InChI is InChI=1S/C17H12ClN5/c18-12-2-4-13(5-3-12)22-17-19-8-7-14(23-17)11-1-6-15-16(9-11)21-10-20-15/h1-10H,(H,20,21)(H,19,22,23).